The molecule has 1 saturated heterocycles. The number of esters is 1. The molecule has 2 aliphatic heterocycles. The Hall–Kier alpha value is -3.18. The van der Waals surface area contributed by atoms with Crippen LogP contribution in [0.15, 0.2) is 24.3 Å². The number of nitrogens with zero attached hydrogens (tertiary/aromatic N) is 3. The van der Waals surface area contributed by atoms with Crippen LogP contribution in [-0.2, 0) is 28.9 Å². The molecule has 1 aromatic heterocycles. The Morgan fingerprint density at radius 3 is 2.65 bits per heavy atom. The average molecular weight is 465 g/mol. The number of hydrogen-bond donors (Lipinski definition) is 1. The van der Waals surface area contributed by atoms with E-state index in [4.69, 9.17) is 19.8 Å². The summed E-state index contributed by atoms with van der Waals surface area (Å²) < 4.78 is 13.2. The first-order valence-electron chi connectivity index (χ1n) is 11.9. The van der Waals surface area contributed by atoms with Crippen molar-refractivity contribution in [2.75, 3.05) is 26.4 Å². The Balaban J connectivity index is 1.53. The van der Waals surface area contributed by atoms with Crippen LogP contribution in [0.3, 0.4) is 0 Å². The molecule has 2 aliphatic rings. The van der Waals surface area contributed by atoms with Crippen molar-refractivity contribution in [1.29, 1.82) is 5.26 Å². The van der Waals surface area contributed by atoms with Crippen LogP contribution >= 0.6 is 0 Å². The highest BCUT2D eigenvalue weighted by Gasteiger charge is 2.40. The topological polar surface area (TPSA) is 106 Å². The van der Waals surface area contributed by atoms with E-state index in [0.717, 1.165) is 30.7 Å². The molecule has 0 saturated carbocycles. The van der Waals surface area contributed by atoms with Crippen molar-refractivity contribution in [3.05, 3.63) is 52.3 Å². The van der Waals surface area contributed by atoms with Gasteiger partial charge in [-0.1, -0.05) is 20.8 Å². The van der Waals surface area contributed by atoms with E-state index in [1.807, 2.05) is 31.5 Å². The van der Waals surface area contributed by atoms with Gasteiger partial charge in [-0.2, -0.15) is 10.4 Å². The van der Waals surface area contributed by atoms with E-state index in [1.54, 1.807) is 24.3 Å². The molecular formula is C26H32N4O4. The summed E-state index contributed by atoms with van der Waals surface area (Å²) in [5, 5.41) is 16.9. The fourth-order valence-electron chi connectivity index (χ4n) is 4.78. The van der Waals surface area contributed by atoms with Gasteiger partial charge in [0.1, 0.15) is 0 Å². The van der Waals surface area contributed by atoms with E-state index in [0.29, 0.717) is 49.4 Å². The van der Waals surface area contributed by atoms with E-state index in [9.17, 15) is 9.59 Å². The normalized spacial score (nSPS) is 17.4. The van der Waals surface area contributed by atoms with Crippen LogP contribution in [0.4, 0.5) is 0 Å². The summed E-state index contributed by atoms with van der Waals surface area (Å²) in [4.78, 5) is 25.5. The molecule has 34 heavy (non-hydrogen) atoms. The molecule has 0 atom stereocenters. The first kappa shape index (κ1) is 24.0. The fourth-order valence-corrected chi connectivity index (χ4v) is 4.78. The molecule has 4 rings (SSSR count). The maximum absolute atomic E-state index is 13.0. The number of benzene rings is 1. The molecule has 3 heterocycles. The van der Waals surface area contributed by atoms with Gasteiger partial charge in [-0.15, -0.1) is 0 Å². The second-order valence-electron chi connectivity index (χ2n) is 10.2. The summed E-state index contributed by atoms with van der Waals surface area (Å²) in [5.74, 6) is -0.474. The predicted molar refractivity (Wildman–Crippen MR) is 125 cm³/mol. The van der Waals surface area contributed by atoms with Crippen LogP contribution in [0.25, 0.3) is 0 Å². The van der Waals surface area contributed by atoms with Gasteiger partial charge in [0.2, 0.25) is 0 Å². The number of hydrogen-bond acceptors (Lipinski definition) is 6. The molecule has 8 heteroatoms. The summed E-state index contributed by atoms with van der Waals surface area (Å²) in [6, 6.07) is 8.44. The van der Waals surface area contributed by atoms with Gasteiger partial charge in [-0.05, 0) is 55.4 Å². The largest absolute Gasteiger partial charge is 0.461 e. The van der Waals surface area contributed by atoms with E-state index in [1.165, 1.54) is 0 Å². The molecule has 2 aromatic rings. The number of carbonyl (C=O) groups is 2. The minimum atomic E-state index is -0.424. The van der Waals surface area contributed by atoms with Crippen LogP contribution in [0.1, 0.15) is 71.3 Å². The van der Waals surface area contributed by atoms with Crippen molar-refractivity contribution in [1.82, 2.24) is 15.1 Å². The highest BCUT2D eigenvalue weighted by Crippen LogP contribution is 2.38. The van der Waals surface area contributed by atoms with E-state index < -0.39 is 11.4 Å². The Morgan fingerprint density at radius 2 is 2.00 bits per heavy atom. The molecule has 1 N–H and O–H groups in total. The van der Waals surface area contributed by atoms with Crippen LogP contribution in [0.5, 0.6) is 0 Å². The van der Waals surface area contributed by atoms with Gasteiger partial charge in [0, 0.05) is 31.7 Å². The molecule has 0 radical (unpaired) electrons. The summed E-state index contributed by atoms with van der Waals surface area (Å²) in [7, 11) is 0. The van der Waals surface area contributed by atoms with Crippen molar-refractivity contribution in [3.8, 4) is 6.07 Å². The Morgan fingerprint density at radius 1 is 1.29 bits per heavy atom. The van der Waals surface area contributed by atoms with Crippen molar-refractivity contribution in [3.63, 3.8) is 0 Å². The maximum Gasteiger partial charge on any atom is 0.338 e. The number of carbonyl (C=O) groups excluding carboxylic acids is 2. The van der Waals surface area contributed by atoms with Crippen molar-refractivity contribution in [2.45, 2.75) is 53.0 Å². The minimum Gasteiger partial charge on any atom is -0.461 e. The number of ether oxygens (including phenoxy) is 2. The molecule has 0 aliphatic carbocycles. The molecule has 1 spiro atoms. The third-order valence-corrected chi connectivity index (χ3v) is 6.83. The second-order valence-corrected chi connectivity index (χ2v) is 10.2. The number of nitriles is 1. The minimum absolute atomic E-state index is 0.0197. The Bertz CT molecular complexity index is 1110. The number of amides is 1. The number of nitrogens with one attached hydrogen (secondary N) is 1. The Kier molecular flexibility index (Phi) is 6.76. The summed E-state index contributed by atoms with van der Waals surface area (Å²) >= 11 is 0. The average Bonchev–Trinajstić information content (AvgIpc) is 3.10. The zero-order valence-electron chi connectivity index (χ0n) is 20.1. The molecule has 0 bridgehead atoms. The standard InChI is InChI=1S/C26H32N4O4/c1-4-20-22-21(13-26(15-28-23(22)31)9-11-33-12-10-26)30(29-20)16-25(2,3)17-34-24(32)19-7-5-18(14-27)6-8-19/h5-8H,4,9-13,15-17H2,1-3H3,(H,28,31). The van der Waals surface area contributed by atoms with E-state index in [2.05, 4.69) is 5.32 Å². The summed E-state index contributed by atoms with van der Waals surface area (Å²) in [5.41, 5.74) is 2.97. The smallest absolute Gasteiger partial charge is 0.338 e. The van der Waals surface area contributed by atoms with Crippen molar-refractivity contribution >= 4 is 11.9 Å². The monoisotopic (exact) mass is 464 g/mol. The number of fused-ring (bicyclic) bond motifs is 1. The molecule has 0 unspecified atom stereocenters. The van der Waals surface area contributed by atoms with E-state index >= 15 is 0 Å². The third-order valence-electron chi connectivity index (χ3n) is 6.83. The Labute approximate surface area is 200 Å². The van der Waals surface area contributed by atoms with Crippen LogP contribution < -0.4 is 5.32 Å². The van der Waals surface area contributed by atoms with Gasteiger partial charge in [0.15, 0.2) is 0 Å². The summed E-state index contributed by atoms with van der Waals surface area (Å²) in [6.45, 7) is 8.86. The lowest BCUT2D eigenvalue weighted by Crippen LogP contribution is -2.41. The van der Waals surface area contributed by atoms with Crippen LogP contribution in [-0.4, -0.2) is 48.0 Å². The van der Waals surface area contributed by atoms with E-state index in [-0.39, 0.29) is 17.9 Å². The zero-order chi connectivity index (χ0) is 24.3. The van der Waals surface area contributed by atoms with Gasteiger partial charge < -0.3 is 14.8 Å². The first-order chi connectivity index (χ1) is 16.3. The molecule has 1 amide bonds. The molecule has 1 aromatic carbocycles. The summed E-state index contributed by atoms with van der Waals surface area (Å²) in [6.07, 6.45) is 3.27. The van der Waals surface area contributed by atoms with Crippen molar-refractivity contribution < 1.29 is 19.1 Å². The van der Waals surface area contributed by atoms with Gasteiger partial charge in [0.05, 0.1) is 40.8 Å². The SMILES string of the molecule is CCc1nn(CC(C)(C)COC(=O)c2ccc(C#N)cc2)c2c1C(=O)NCC1(CCOCC1)C2. The number of aryl methyl sites for hydroxylation is 1. The molecule has 1 fully saturated rings. The second kappa shape index (κ2) is 9.59. The fraction of sp³-hybridized carbons (Fsp3) is 0.538. The van der Waals surface area contributed by atoms with Gasteiger partial charge in [-0.25, -0.2) is 4.79 Å². The third kappa shape index (κ3) is 5.00. The number of rotatable bonds is 6. The van der Waals surface area contributed by atoms with Gasteiger partial charge >= 0.3 is 5.97 Å². The predicted octanol–water partition coefficient (Wildman–Crippen LogP) is 3.28. The maximum atomic E-state index is 13.0. The zero-order valence-corrected chi connectivity index (χ0v) is 20.1. The van der Waals surface area contributed by atoms with Gasteiger partial charge in [0.25, 0.3) is 5.91 Å². The van der Waals surface area contributed by atoms with Crippen LogP contribution in [0.2, 0.25) is 0 Å². The first-order valence-corrected chi connectivity index (χ1v) is 11.9. The molecule has 8 nitrogen and oxygen atoms in total. The highest BCUT2D eigenvalue weighted by molar-refractivity contribution is 5.97. The molecule has 180 valence electrons. The lowest BCUT2D eigenvalue weighted by atomic mass is 9.76. The molecular weight excluding hydrogens is 432 g/mol. The van der Waals surface area contributed by atoms with Crippen LogP contribution in [0, 0.1) is 22.2 Å². The van der Waals surface area contributed by atoms with Gasteiger partial charge in [-0.3, -0.25) is 9.48 Å². The highest BCUT2D eigenvalue weighted by atomic mass is 16.5. The number of aromatic nitrogens is 2. The lowest BCUT2D eigenvalue weighted by molar-refractivity contribution is 0.0145. The van der Waals surface area contributed by atoms with Crippen molar-refractivity contribution in [2.24, 2.45) is 10.8 Å². The lowest BCUT2D eigenvalue weighted by Gasteiger charge is -2.36. The quantitative estimate of drug-likeness (QED) is 0.658.